The van der Waals surface area contributed by atoms with Crippen LogP contribution in [-0.2, 0) is 4.84 Å². The second-order valence-corrected chi connectivity index (χ2v) is 2.16. The Hall–Kier alpha value is -0.440. The van der Waals surface area contributed by atoms with Gasteiger partial charge in [-0.05, 0) is 0 Å². The number of oxime groups is 1. The molecule has 0 spiro atoms. The summed E-state index contributed by atoms with van der Waals surface area (Å²) >= 11 is 5.52. The number of hydrogen-bond donors (Lipinski definition) is 0. The quantitative estimate of drug-likeness (QED) is 0.506. The van der Waals surface area contributed by atoms with Crippen LogP contribution < -0.4 is 0 Å². The van der Waals surface area contributed by atoms with Crippen LogP contribution in [0.5, 0.6) is 0 Å². The maximum atomic E-state index is 5.52. The van der Waals surface area contributed by atoms with E-state index in [9.17, 15) is 0 Å². The first kappa shape index (κ1) is 6.68. The standard InChI is InChI=1S/C5H9ClN2O/c1-8-2-3-9-7-5(8)4-6/h2-4H2,1H3. The molecule has 0 fully saturated rings. The molecule has 1 rings (SSSR count). The van der Waals surface area contributed by atoms with Gasteiger partial charge < -0.3 is 9.74 Å². The molecule has 9 heavy (non-hydrogen) atoms. The van der Waals surface area contributed by atoms with Gasteiger partial charge in [0.15, 0.2) is 5.84 Å². The summed E-state index contributed by atoms with van der Waals surface area (Å²) in [6.45, 7) is 1.54. The SMILES string of the molecule is CN1CCON=C1CCl. The highest BCUT2D eigenvalue weighted by Gasteiger charge is 2.09. The monoisotopic (exact) mass is 148 g/mol. The van der Waals surface area contributed by atoms with Gasteiger partial charge in [-0.25, -0.2) is 0 Å². The van der Waals surface area contributed by atoms with E-state index in [1.54, 1.807) is 0 Å². The highest BCUT2D eigenvalue weighted by atomic mass is 35.5. The lowest BCUT2D eigenvalue weighted by molar-refractivity contribution is 0.108. The zero-order valence-corrected chi connectivity index (χ0v) is 6.06. The minimum absolute atomic E-state index is 0.427. The van der Waals surface area contributed by atoms with Crippen molar-refractivity contribution in [3.63, 3.8) is 0 Å². The number of alkyl halides is 1. The third-order valence-corrected chi connectivity index (χ3v) is 1.49. The predicted molar refractivity (Wildman–Crippen MR) is 36.7 cm³/mol. The molecule has 0 aromatic heterocycles. The van der Waals surface area contributed by atoms with E-state index in [1.807, 2.05) is 11.9 Å². The average molecular weight is 149 g/mol. The van der Waals surface area contributed by atoms with Gasteiger partial charge in [0.1, 0.15) is 6.61 Å². The van der Waals surface area contributed by atoms with Crippen LogP contribution in [0.25, 0.3) is 0 Å². The van der Waals surface area contributed by atoms with Crippen molar-refractivity contribution in [2.75, 3.05) is 26.1 Å². The van der Waals surface area contributed by atoms with E-state index in [1.165, 1.54) is 0 Å². The van der Waals surface area contributed by atoms with Crippen molar-refractivity contribution in [1.82, 2.24) is 4.90 Å². The van der Waals surface area contributed by atoms with E-state index in [2.05, 4.69) is 5.16 Å². The Morgan fingerprint density at radius 3 is 3.11 bits per heavy atom. The number of likely N-dealkylation sites (N-methyl/N-ethyl adjacent to an activating group) is 1. The van der Waals surface area contributed by atoms with E-state index in [-0.39, 0.29) is 0 Å². The van der Waals surface area contributed by atoms with Crippen molar-refractivity contribution < 1.29 is 4.84 Å². The molecule has 0 unspecified atom stereocenters. The molecule has 0 saturated carbocycles. The van der Waals surface area contributed by atoms with Crippen molar-refractivity contribution in [3.05, 3.63) is 0 Å². The summed E-state index contributed by atoms with van der Waals surface area (Å²) in [5, 5.41) is 3.74. The van der Waals surface area contributed by atoms with Crippen LogP contribution >= 0.6 is 11.6 Å². The summed E-state index contributed by atoms with van der Waals surface area (Å²) in [7, 11) is 1.95. The topological polar surface area (TPSA) is 24.8 Å². The molecule has 0 bridgehead atoms. The Labute approximate surface area is 59.2 Å². The van der Waals surface area contributed by atoms with Gasteiger partial charge in [-0.15, -0.1) is 11.6 Å². The van der Waals surface area contributed by atoms with Crippen molar-refractivity contribution in [1.29, 1.82) is 0 Å². The third kappa shape index (κ3) is 1.48. The first-order valence-electron chi connectivity index (χ1n) is 2.80. The normalized spacial score (nSPS) is 18.9. The van der Waals surface area contributed by atoms with E-state index < -0.39 is 0 Å². The molecule has 1 heterocycles. The van der Waals surface area contributed by atoms with Crippen LogP contribution in [-0.4, -0.2) is 36.8 Å². The molecule has 1 aliphatic rings. The molecular formula is C5H9ClN2O. The molecule has 0 aromatic rings. The molecule has 0 radical (unpaired) electrons. The van der Waals surface area contributed by atoms with Crippen LogP contribution in [0.2, 0.25) is 0 Å². The van der Waals surface area contributed by atoms with Gasteiger partial charge in [0.2, 0.25) is 0 Å². The Bertz CT molecular complexity index is 126. The second kappa shape index (κ2) is 2.92. The summed E-state index contributed by atoms with van der Waals surface area (Å²) in [4.78, 5) is 6.79. The smallest absolute Gasteiger partial charge is 0.159 e. The fourth-order valence-corrected chi connectivity index (χ4v) is 0.876. The van der Waals surface area contributed by atoms with E-state index >= 15 is 0 Å². The molecule has 0 N–H and O–H groups in total. The molecule has 52 valence electrons. The van der Waals surface area contributed by atoms with Gasteiger partial charge in [0.25, 0.3) is 0 Å². The Kier molecular flexibility index (Phi) is 2.16. The molecular weight excluding hydrogens is 140 g/mol. The number of hydrogen-bond acceptors (Lipinski definition) is 3. The Morgan fingerprint density at radius 1 is 1.89 bits per heavy atom. The van der Waals surface area contributed by atoms with Crippen LogP contribution in [0.15, 0.2) is 5.16 Å². The van der Waals surface area contributed by atoms with E-state index in [0.29, 0.717) is 12.5 Å². The van der Waals surface area contributed by atoms with E-state index in [4.69, 9.17) is 16.4 Å². The largest absolute Gasteiger partial charge is 0.392 e. The van der Waals surface area contributed by atoms with Crippen molar-refractivity contribution in [2.45, 2.75) is 0 Å². The van der Waals surface area contributed by atoms with Gasteiger partial charge >= 0.3 is 0 Å². The number of amidine groups is 1. The number of halogens is 1. The van der Waals surface area contributed by atoms with E-state index in [0.717, 1.165) is 12.4 Å². The maximum Gasteiger partial charge on any atom is 0.159 e. The Morgan fingerprint density at radius 2 is 2.67 bits per heavy atom. The number of rotatable bonds is 1. The minimum Gasteiger partial charge on any atom is -0.392 e. The zero-order chi connectivity index (χ0) is 6.69. The van der Waals surface area contributed by atoms with Crippen molar-refractivity contribution in [3.8, 4) is 0 Å². The lowest BCUT2D eigenvalue weighted by Crippen LogP contribution is -2.34. The first-order valence-corrected chi connectivity index (χ1v) is 3.34. The molecule has 0 atom stereocenters. The molecule has 4 heteroatoms. The lowest BCUT2D eigenvalue weighted by Gasteiger charge is -2.22. The molecule has 3 nitrogen and oxygen atoms in total. The summed E-state index contributed by atoms with van der Waals surface area (Å²) < 4.78 is 0. The van der Waals surface area contributed by atoms with Gasteiger partial charge in [-0.1, -0.05) is 5.16 Å². The fraction of sp³-hybridized carbons (Fsp3) is 0.800. The summed E-state index contributed by atoms with van der Waals surface area (Å²) in [6, 6.07) is 0. The highest BCUT2D eigenvalue weighted by molar-refractivity contribution is 6.28. The average Bonchev–Trinajstić information content (AvgIpc) is 1.89. The van der Waals surface area contributed by atoms with Gasteiger partial charge in [0, 0.05) is 7.05 Å². The van der Waals surface area contributed by atoms with Gasteiger partial charge in [-0.2, -0.15) is 0 Å². The zero-order valence-electron chi connectivity index (χ0n) is 5.30. The lowest BCUT2D eigenvalue weighted by atomic mass is 10.5. The molecule has 1 aliphatic heterocycles. The number of nitrogens with zero attached hydrogens (tertiary/aromatic N) is 2. The van der Waals surface area contributed by atoms with Crippen LogP contribution in [0.1, 0.15) is 0 Å². The molecule has 0 amide bonds. The summed E-state index contributed by atoms with van der Waals surface area (Å²) in [5.41, 5.74) is 0. The van der Waals surface area contributed by atoms with Gasteiger partial charge in [0.05, 0.1) is 12.4 Å². The minimum atomic E-state index is 0.427. The molecule has 0 saturated heterocycles. The van der Waals surface area contributed by atoms with Gasteiger partial charge in [-0.3, -0.25) is 0 Å². The molecule has 0 aromatic carbocycles. The Balaban J connectivity index is 2.53. The maximum absolute atomic E-state index is 5.52. The van der Waals surface area contributed by atoms with Crippen LogP contribution in [0, 0.1) is 0 Å². The van der Waals surface area contributed by atoms with Crippen molar-refractivity contribution in [2.24, 2.45) is 5.16 Å². The third-order valence-electron chi connectivity index (χ3n) is 1.25. The summed E-state index contributed by atoms with van der Waals surface area (Å²) in [5.74, 6) is 1.24. The predicted octanol–water partition coefficient (Wildman–Crippen LogP) is 0.501. The van der Waals surface area contributed by atoms with Crippen LogP contribution in [0.4, 0.5) is 0 Å². The van der Waals surface area contributed by atoms with Crippen molar-refractivity contribution >= 4 is 17.4 Å². The second-order valence-electron chi connectivity index (χ2n) is 1.90. The van der Waals surface area contributed by atoms with Crippen LogP contribution in [0.3, 0.4) is 0 Å². The summed E-state index contributed by atoms with van der Waals surface area (Å²) in [6.07, 6.45) is 0. The highest BCUT2D eigenvalue weighted by Crippen LogP contribution is 1.98. The first-order chi connectivity index (χ1) is 4.34. The molecule has 0 aliphatic carbocycles. The fourth-order valence-electron chi connectivity index (χ4n) is 0.623.